The largest absolute Gasteiger partial charge is 0.493 e. The van der Waals surface area contributed by atoms with E-state index in [1.807, 2.05) is 12.1 Å². The van der Waals surface area contributed by atoms with E-state index in [0.29, 0.717) is 6.54 Å². The summed E-state index contributed by atoms with van der Waals surface area (Å²) in [6, 6.07) is 3.80. The second kappa shape index (κ2) is 3.26. The number of rotatable bonds is 1. The second-order valence-electron chi connectivity index (χ2n) is 3.27. The van der Waals surface area contributed by atoms with Gasteiger partial charge in [0.25, 0.3) is 0 Å². The molecular formula is C10H14N2O. The van der Waals surface area contributed by atoms with Crippen LogP contribution in [0.1, 0.15) is 17.5 Å². The fraction of sp³-hybridized carbons (Fsp3) is 0.400. The van der Waals surface area contributed by atoms with E-state index in [1.54, 1.807) is 0 Å². The molecule has 3 nitrogen and oxygen atoms in total. The topological polar surface area (TPSA) is 61.3 Å². The molecule has 0 fully saturated rings. The number of anilines is 1. The van der Waals surface area contributed by atoms with Gasteiger partial charge in [0.1, 0.15) is 5.75 Å². The summed E-state index contributed by atoms with van der Waals surface area (Å²) in [7, 11) is 0. The maximum atomic E-state index is 5.82. The van der Waals surface area contributed by atoms with Crippen LogP contribution in [0.3, 0.4) is 0 Å². The first-order valence-electron chi connectivity index (χ1n) is 4.56. The van der Waals surface area contributed by atoms with Crippen LogP contribution in [0.2, 0.25) is 0 Å². The lowest BCUT2D eigenvalue weighted by Gasteiger charge is -2.20. The molecule has 1 heterocycles. The molecule has 0 unspecified atom stereocenters. The molecule has 0 atom stereocenters. The average Bonchev–Trinajstić information content (AvgIpc) is 2.18. The van der Waals surface area contributed by atoms with E-state index in [1.165, 1.54) is 5.56 Å². The molecule has 0 saturated heterocycles. The number of benzene rings is 1. The summed E-state index contributed by atoms with van der Waals surface area (Å²) < 4.78 is 5.51. The van der Waals surface area contributed by atoms with Gasteiger partial charge < -0.3 is 16.2 Å². The lowest BCUT2D eigenvalue weighted by molar-refractivity contribution is 0.287. The van der Waals surface area contributed by atoms with Crippen molar-refractivity contribution in [1.29, 1.82) is 0 Å². The molecule has 4 N–H and O–H groups in total. The van der Waals surface area contributed by atoms with Crippen LogP contribution in [-0.4, -0.2) is 6.61 Å². The lowest BCUT2D eigenvalue weighted by Crippen LogP contribution is -2.14. The van der Waals surface area contributed by atoms with Crippen molar-refractivity contribution in [2.45, 2.75) is 19.4 Å². The molecule has 70 valence electrons. The smallest absolute Gasteiger partial charge is 0.122 e. The molecule has 0 spiro atoms. The summed E-state index contributed by atoms with van der Waals surface area (Å²) in [5, 5.41) is 0. The van der Waals surface area contributed by atoms with E-state index in [9.17, 15) is 0 Å². The first kappa shape index (κ1) is 8.38. The van der Waals surface area contributed by atoms with Crippen LogP contribution in [0.15, 0.2) is 12.1 Å². The highest BCUT2D eigenvalue weighted by Crippen LogP contribution is 2.30. The molecule has 1 aliphatic heterocycles. The third kappa shape index (κ3) is 1.35. The zero-order valence-corrected chi connectivity index (χ0v) is 7.55. The lowest BCUT2D eigenvalue weighted by atomic mass is 9.98. The van der Waals surface area contributed by atoms with Gasteiger partial charge in [-0.1, -0.05) is 0 Å². The molecule has 0 amide bonds. The zero-order valence-electron chi connectivity index (χ0n) is 7.55. The maximum Gasteiger partial charge on any atom is 0.122 e. The summed E-state index contributed by atoms with van der Waals surface area (Å²) in [6.45, 7) is 1.30. The van der Waals surface area contributed by atoms with Gasteiger partial charge in [-0.3, -0.25) is 0 Å². The minimum Gasteiger partial charge on any atom is -0.493 e. The Morgan fingerprint density at radius 2 is 2.23 bits per heavy atom. The number of nitrogens with two attached hydrogens (primary N) is 2. The van der Waals surface area contributed by atoms with Crippen LogP contribution in [-0.2, 0) is 13.0 Å². The van der Waals surface area contributed by atoms with Crippen LogP contribution >= 0.6 is 0 Å². The summed E-state index contributed by atoms with van der Waals surface area (Å²) in [6.07, 6.45) is 2.09. The van der Waals surface area contributed by atoms with Crippen molar-refractivity contribution in [2.75, 3.05) is 12.3 Å². The van der Waals surface area contributed by atoms with E-state index >= 15 is 0 Å². The minimum atomic E-state index is 0.498. The van der Waals surface area contributed by atoms with Crippen LogP contribution in [0.25, 0.3) is 0 Å². The number of hydrogen-bond donors (Lipinski definition) is 2. The summed E-state index contributed by atoms with van der Waals surface area (Å²) >= 11 is 0. The summed E-state index contributed by atoms with van der Waals surface area (Å²) in [4.78, 5) is 0. The third-order valence-corrected chi connectivity index (χ3v) is 2.46. The van der Waals surface area contributed by atoms with Crippen molar-refractivity contribution in [2.24, 2.45) is 5.73 Å². The molecule has 1 aromatic rings. The normalized spacial score (nSPS) is 14.8. The molecule has 0 aliphatic carbocycles. The molecule has 0 saturated carbocycles. The third-order valence-electron chi connectivity index (χ3n) is 2.46. The van der Waals surface area contributed by atoms with Gasteiger partial charge in [-0.25, -0.2) is 0 Å². The van der Waals surface area contributed by atoms with Gasteiger partial charge in [0.15, 0.2) is 0 Å². The monoisotopic (exact) mass is 178 g/mol. The van der Waals surface area contributed by atoms with Crippen molar-refractivity contribution in [3.8, 4) is 5.75 Å². The van der Waals surface area contributed by atoms with E-state index in [0.717, 1.165) is 36.4 Å². The number of nitrogen functional groups attached to an aromatic ring is 1. The van der Waals surface area contributed by atoms with Gasteiger partial charge >= 0.3 is 0 Å². The fourth-order valence-electron chi connectivity index (χ4n) is 1.77. The Morgan fingerprint density at radius 3 is 3.00 bits per heavy atom. The molecule has 0 aromatic heterocycles. The van der Waals surface area contributed by atoms with Crippen molar-refractivity contribution in [3.05, 3.63) is 23.3 Å². The standard InChI is InChI=1S/C10H14N2O/c11-6-8-7-2-1-5-13-10(7)4-3-9(8)12/h3-4H,1-2,5-6,11-12H2. The highest BCUT2D eigenvalue weighted by Gasteiger charge is 2.15. The zero-order chi connectivity index (χ0) is 9.26. The molecule has 1 aliphatic rings. The predicted molar refractivity (Wildman–Crippen MR) is 52.6 cm³/mol. The fourth-order valence-corrected chi connectivity index (χ4v) is 1.77. The summed E-state index contributed by atoms with van der Waals surface area (Å²) in [5.41, 5.74) is 14.5. The van der Waals surface area contributed by atoms with E-state index in [4.69, 9.17) is 16.2 Å². The Balaban J connectivity index is 2.52. The number of ether oxygens (including phenoxy) is 1. The Labute approximate surface area is 77.7 Å². The Hall–Kier alpha value is -1.22. The highest BCUT2D eigenvalue weighted by molar-refractivity contribution is 5.56. The molecule has 0 radical (unpaired) electrons. The first-order chi connectivity index (χ1) is 6.33. The molecule has 13 heavy (non-hydrogen) atoms. The van der Waals surface area contributed by atoms with Crippen LogP contribution < -0.4 is 16.2 Å². The van der Waals surface area contributed by atoms with Crippen LogP contribution in [0.5, 0.6) is 5.75 Å². The van der Waals surface area contributed by atoms with E-state index < -0.39 is 0 Å². The predicted octanol–water partition coefficient (Wildman–Crippen LogP) is 1.05. The van der Waals surface area contributed by atoms with E-state index in [2.05, 4.69) is 0 Å². The molecular weight excluding hydrogens is 164 g/mol. The van der Waals surface area contributed by atoms with Crippen LogP contribution in [0.4, 0.5) is 5.69 Å². The van der Waals surface area contributed by atoms with Gasteiger partial charge in [0.2, 0.25) is 0 Å². The molecule has 1 aromatic carbocycles. The van der Waals surface area contributed by atoms with Gasteiger partial charge in [-0.2, -0.15) is 0 Å². The highest BCUT2D eigenvalue weighted by atomic mass is 16.5. The maximum absolute atomic E-state index is 5.82. The SMILES string of the molecule is NCc1c(N)ccc2c1CCCO2. The van der Waals surface area contributed by atoms with Gasteiger partial charge in [0.05, 0.1) is 6.61 Å². The summed E-state index contributed by atoms with van der Waals surface area (Å²) in [5.74, 6) is 0.959. The van der Waals surface area contributed by atoms with Crippen molar-refractivity contribution in [3.63, 3.8) is 0 Å². The van der Waals surface area contributed by atoms with Gasteiger partial charge in [-0.05, 0) is 30.5 Å². The molecule has 2 rings (SSSR count). The first-order valence-corrected chi connectivity index (χ1v) is 4.56. The van der Waals surface area contributed by atoms with Gasteiger partial charge in [0, 0.05) is 17.8 Å². The van der Waals surface area contributed by atoms with Crippen molar-refractivity contribution >= 4 is 5.69 Å². The van der Waals surface area contributed by atoms with Gasteiger partial charge in [-0.15, -0.1) is 0 Å². The Morgan fingerprint density at radius 1 is 1.38 bits per heavy atom. The van der Waals surface area contributed by atoms with E-state index in [-0.39, 0.29) is 0 Å². The molecule has 0 bridgehead atoms. The second-order valence-corrected chi connectivity index (χ2v) is 3.27. The minimum absolute atomic E-state index is 0.498. The average molecular weight is 178 g/mol. The number of hydrogen-bond acceptors (Lipinski definition) is 3. The Kier molecular flexibility index (Phi) is 2.10. The Bertz CT molecular complexity index is 323. The van der Waals surface area contributed by atoms with Crippen LogP contribution in [0, 0.1) is 0 Å². The quantitative estimate of drug-likeness (QED) is 0.632. The van der Waals surface area contributed by atoms with Crippen molar-refractivity contribution in [1.82, 2.24) is 0 Å². The number of fused-ring (bicyclic) bond motifs is 1. The molecule has 3 heteroatoms. The van der Waals surface area contributed by atoms with Crippen molar-refractivity contribution < 1.29 is 4.74 Å².